The number of rotatable bonds is 8. The van der Waals surface area contributed by atoms with Crippen molar-refractivity contribution >= 4 is 36.0 Å². The van der Waals surface area contributed by atoms with Gasteiger partial charge in [-0.15, -0.1) is 24.0 Å². The van der Waals surface area contributed by atoms with Gasteiger partial charge in [0.1, 0.15) is 5.60 Å². The summed E-state index contributed by atoms with van der Waals surface area (Å²) in [5.41, 5.74) is 1.73. The van der Waals surface area contributed by atoms with Crippen LogP contribution in [0.1, 0.15) is 38.8 Å². The Bertz CT molecular complexity index is 727. The Labute approximate surface area is 217 Å². The van der Waals surface area contributed by atoms with Gasteiger partial charge in [0.2, 0.25) is 0 Å². The van der Waals surface area contributed by atoms with Gasteiger partial charge in [-0.3, -0.25) is 9.89 Å². The van der Waals surface area contributed by atoms with E-state index in [1.807, 2.05) is 32.9 Å². The minimum absolute atomic E-state index is 0. The molecule has 1 aromatic rings. The highest BCUT2D eigenvalue weighted by atomic mass is 127. The number of halogens is 1. The van der Waals surface area contributed by atoms with Gasteiger partial charge in [-0.1, -0.05) is 31.2 Å². The average molecular weight is 575 g/mol. The Morgan fingerprint density at radius 2 is 1.64 bits per heavy atom. The lowest BCUT2D eigenvalue weighted by Crippen LogP contribution is -2.49. The van der Waals surface area contributed by atoms with Gasteiger partial charge in [-0.05, 0) is 38.4 Å². The van der Waals surface area contributed by atoms with Gasteiger partial charge in [0.05, 0.1) is 0 Å². The fourth-order valence-corrected chi connectivity index (χ4v) is 3.51. The maximum absolute atomic E-state index is 12.1. The van der Waals surface area contributed by atoms with Crippen LogP contribution in [0, 0.1) is 0 Å². The SMILES string of the molecule is CCN1CCN(CCNC(=NC)NCc2ccc(CN(C)C(=O)OC(C)(C)C)cc2)CC1.I. The number of ether oxygens (including phenoxy) is 1. The summed E-state index contributed by atoms with van der Waals surface area (Å²) in [5.74, 6) is 0.811. The van der Waals surface area contributed by atoms with Gasteiger partial charge in [0.25, 0.3) is 0 Å². The van der Waals surface area contributed by atoms with Crippen molar-refractivity contribution in [2.45, 2.75) is 46.4 Å². The molecule has 1 aliphatic rings. The Morgan fingerprint density at radius 3 is 2.18 bits per heavy atom. The zero-order chi connectivity index (χ0) is 23.6. The Balaban J connectivity index is 0.00000544. The number of aliphatic imine (C=N–C) groups is 1. The van der Waals surface area contributed by atoms with Gasteiger partial charge in [-0.2, -0.15) is 0 Å². The second kappa shape index (κ2) is 14.6. The van der Waals surface area contributed by atoms with Crippen molar-refractivity contribution in [3.05, 3.63) is 35.4 Å². The van der Waals surface area contributed by atoms with Crippen molar-refractivity contribution in [1.82, 2.24) is 25.3 Å². The van der Waals surface area contributed by atoms with E-state index in [0.29, 0.717) is 13.1 Å². The Kier molecular flexibility index (Phi) is 13.0. The number of nitrogens with zero attached hydrogens (tertiary/aromatic N) is 4. The van der Waals surface area contributed by atoms with Crippen LogP contribution in [0.25, 0.3) is 0 Å². The van der Waals surface area contributed by atoms with E-state index >= 15 is 0 Å². The van der Waals surface area contributed by atoms with Crippen LogP contribution < -0.4 is 10.6 Å². The second-order valence-corrected chi connectivity index (χ2v) is 9.28. The number of carbonyl (C=O) groups excluding carboxylic acids is 1. The van der Waals surface area contributed by atoms with Crippen molar-refractivity contribution < 1.29 is 9.53 Å². The minimum atomic E-state index is -0.489. The van der Waals surface area contributed by atoms with Crippen molar-refractivity contribution in [2.24, 2.45) is 4.99 Å². The molecule has 1 fully saturated rings. The molecule has 0 atom stereocenters. The van der Waals surface area contributed by atoms with E-state index in [-0.39, 0.29) is 30.1 Å². The molecule has 0 aliphatic carbocycles. The fourth-order valence-electron chi connectivity index (χ4n) is 3.51. The zero-order valence-corrected chi connectivity index (χ0v) is 23.5. The lowest BCUT2D eigenvalue weighted by atomic mass is 10.1. The number of amides is 1. The van der Waals surface area contributed by atoms with E-state index < -0.39 is 5.60 Å². The second-order valence-electron chi connectivity index (χ2n) is 9.28. The van der Waals surface area contributed by atoms with Crippen LogP contribution in [0.3, 0.4) is 0 Å². The molecule has 9 heteroatoms. The largest absolute Gasteiger partial charge is 0.444 e. The van der Waals surface area contributed by atoms with E-state index in [2.05, 4.69) is 44.5 Å². The van der Waals surface area contributed by atoms with E-state index in [1.165, 1.54) is 0 Å². The Hall–Kier alpha value is -1.59. The first-order chi connectivity index (χ1) is 15.2. The first-order valence-corrected chi connectivity index (χ1v) is 11.6. The summed E-state index contributed by atoms with van der Waals surface area (Å²) in [6.07, 6.45) is -0.314. The predicted octanol–water partition coefficient (Wildman–Crippen LogP) is 2.97. The highest BCUT2D eigenvalue weighted by Crippen LogP contribution is 2.12. The molecule has 0 aromatic heterocycles. The number of nitrogens with one attached hydrogen (secondary N) is 2. The van der Waals surface area contributed by atoms with E-state index in [1.54, 1.807) is 19.0 Å². The van der Waals surface area contributed by atoms with Crippen LogP contribution in [0.2, 0.25) is 0 Å². The molecule has 33 heavy (non-hydrogen) atoms. The van der Waals surface area contributed by atoms with Crippen molar-refractivity contribution in [3.63, 3.8) is 0 Å². The average Bonchev–Trinajstić information content (AvgIpc) is 2.76. The first kappa shape index (κ1) is 29.4. The predicted molar refractivity (Wildman–Crippen MR) is 146 cm³/mol. The fraction of sp³-hybridized carbons (Fsp3) is 0.667. The number of benzene rings is 1. The zero-order valence-electron chi connectivity index (χ0n) is 21.2. The Morgan fingerprint density at radius 1 is 1.06 bits per heavy atom. The van der Waals surface area contributed by atoms with Crippen molar-refractivity contribution in [1.29, 1.82) is 0 Å². The standard InChI is InChI=1S/C24H42N6O2.HI/c1-7-29-14-16-30(17-15-29)13-12-26-22(25-5)27-18-20-8-10-21(11-9-20)19-28(6)23(31)32-24(2,3)4;/h8-11H,7,12-19H2,1-6H3,(H2,25,26,27);1H. The highest BCUT2D eigenvalue weighted by molar-refractivity contribution is 14.0. The number of guanidine groups is 1. The number of piperazine rings is 1. The summed E-state index contributed by atoms with van der Waals surface area (Å²) >= 11 is 0. The number of likely N-dealkylation sites (N-methyl/N-ethyl adjacent to an activating group) is 1. The lowest BCUT2D eigenvalue weighted by molar-refractivity contribution is 0.0285. The third kappa shape index (κ3) is 11.4. The third-order valence-corrected chi connectivity index (χ3v) is 5.46. The van der Waals surface area contributed by atoms with E-state index in [4.69, 9.17) is 4.74 Å². The van der Waals surface area contributed by atoms with E-state index in [0.717, 1.165) is 62.9 Å². The molecule has 188 valence electrons. The molecule has 0 spiro atoms. The molecule has 0 bridgehead atoms. The monoisotopic (exact) mass is 574 g/mol. The highest BCUT2D eigenvalue weighted by Gasteiger charge is 2.19. The molecule has 0 radical (unpaired) electrons. The molecule has 1 amide bonds. The smallest absolute Gasteiger partial charge is 0.410 e. The molecule has 1 aromatic carbocycles. The van der Waals surface area contributed by atoms with Gasteiger partial charge < -0.3 is 25.2 Å². The molecule has 1 aliphatic heterocycles. The molecule has 0 unspecified atom stereocenters. The quantitative estimate of drug-likeness (QED) is 0.283. The molecule has 8 nitrogen and oxygen atoms in total. The minimum Gasteiger partial charge on any atom is -0.444 e. The van der Waals surface area contributed by atoms with Crippen LogP contribution in [-0.4, -0.2) is 92.3 Å². The molecule has 1 heterocycles. The first-order valence-electron chi connectivity index (χ1n) is 11.6. The van der Waals surface area contributed by atoms with Crippen molar-refractivity contribution in [2.75, 3.05) is 59.9 Å². The molecule has 1 saturated heterocycles. The summed E-state index contributed by atoms with van der Waals surface area (Å²) in [4.78, 5) is 23.0. The number of carbonyl (C=O) groups is 1. The molecule has 2 rings (SSSR count). The third-order valence-electron chi connectivity index (χ3n) is 5.46. The van der Waals surface area contributed by atoms with Crippen LogP contribution in [0.15, 0.2) is 29.3 Å². The van der Waals surface area contributed by atoms with Crippen molar-refractivity contribution in [3.8, 4) is 0 Å². The molecular formula is C24H43IN6O2. The van der Waals surface area contributed by atoms with Gasteiger partial charge >= 0.3 is 6.09 Å². The van der Waals surface area contributed by atoms with Crippen LogP contribution in [-0.2, 0) is 17.8 Å². The summed E-state index contributed by atoms with van der Waals surface area (Å²) in [6, 6.07) is 8.24. The summed E-state index contributed by atoms with van der Waals surface area (Å²) in [6.45, 7) is 16.7. The normalized spacial score (nSPS) is 15.5. The maximum atomic E-state index is 12.1. The molecular weight excluding hydrogens is 531 g/mol. The number of hydrogen-bond acceptors (Lipinski definition) is 5. The topological polar surface area (TPSA) is 72.4 Å². The van der Waals surface area contributed by atoms with Gasteiger partial charge in [0, 0.05) is 66.5 Å². The van der Waals surface area contributed by atoms with Crippen LogP contribution >= 0.6 is 24.0 Å². The van der Waals surface area contributed by atoms with Gasteiger partial charge in [-0.25, -0.2) is 4.79 Å². The maximum Gasteiger partial charge on any atom is 0.410 e. The summed E-state index contributed by atoms with van der Waals surface area (Å²) < 4.78 is 5.41. The molecule has 2 N–H and O–H groups in total. The van der Waals surface area contributed by atoms with E-state index in [9.17, 15) is 4.79 Å². The lowest BCUT2D eigenvalue weighted by Gasteiger charge is -2.34. The summed E-state index contributed by atoms with van der Waals surface area (Å²) in [5, 5.41) is 6.78. The summed E-state index contributed by atoms with van der Waals surface area (Å²) in [7, 11) is 3.55. The number of hydrogen-bond donors (Lipinski definition) is 2. The molecule has 0 saturated carbocycles. The van der Waals surface area contributed by atoms with Crippen LogP contribution in [0.5, 0.6) is 0 Å². The van der Waals surface area contributed by atoms with Crippen LogP contribution in [0.4, 0.5) is 4.79 Å². The van der Waals surface area contributed by atoms with Gasteiger partial charge in [0.15, 0.2) is 5.96 Å².